The lowest BCUT2D eigenvalue weighted by molar-refractivity contribution is -0.0108. The van der Waals surface area contributed by atoms with E-state index in [-0.39, 0.29) is 47.7 Å². The van der Waals surface area contributed by atoms with Crippen LogP contribution in [0.1, 0.15) is 161 Å². The summed E-state index contributed by atoms with van der Waals surface area (Å²) < 4.78 is 40.5. The van der Waals surface area contributed by atoms with E-state index in [0.29, 0.717) is 98.6 Å². The molecule has 478 valence electrons. The zero-order valence-electron chi connectivity index (χ0n) is 53.1. The van der Waals surface area contributed by atoms with Crippen molar-refractivity contribution in [1.82, 2.24) is 31.5 Å². The Labute approximate surface area is 533 Å². The maximum atomic E-state index is 13.2. The van der Waals surface area contributed by atoms with Crippen molar-refractivity contribution in [3.8, 4) is 34.5 Å². The van der Waals surface area contributed by atoms with Crippen molar-refractivity contribution in [2.45, 2.75) is 158 Å². The van der Waals surface area contributed by atoms with Gasteiger partial charge in [-0.05, 0) is 202 Å². The summed E-state index contributed by atoms with van der Waals surface area (Å²) in [6, 6.07) is 45.0. The Morgan fingerprint density at radius 2 is 0.813 bits per heavy atom. The molecule has 6 bridgehead atoms. The normalized spacial score (nSPS) is 26.9. The number of methoxy groups -OCH3 is 3. The van der Waals surface area contributed by atoms with Crippen molar-refractivity contribution in [3.63, 3.8) is 0 Å². The van der Waals surface area contributed by atoms with Gasteiger partial charge in [0.1, 0.15) is 40.1 Å². The molecule has 0 spiro atoms. The molecule has 91 heavy (non-hydrogen) atoms. The van der Waals surface area contributed by atoms with Gasteiger partial charge in [0.05, 0.1) is 41.2 Å². The highest BCUT2D eigenvalue weighted by atomic mass is 16.6. The fourth-order valence-corrected chi connectivity index (χ4v) is 16.0. The Morgan fingerprint density at radius 1 is 0.451 bits per heavy atom. The van der Waals surface area contributed by atoms with E-state index in [1.54, 1.807) is 21.3 Å². The molecule has 17 nitrogen and oxygen atoms in total. The van der Waals surface area contributed by atoms with Gasteiger partial charge in [-0.1, -0.05) is 54.6 Å². The van der Waals surface area contributed by atoms with Crippen LogP contribution in [0.4, 0.5) is 4.79 Å². The maximum absolute atomic E-state index is 13.2. The molecule has 6 saturated heterocycles. The van der Waals surface area contributed by atoms with Crippen molar-refractivity contribution in [3.05, 3.63) is 177 Å². The first kappa shape index (κ1) is 61.6. The Hall–Kier alpha value is -8.28. The van der Waals surface area contributed by atoms with E-state index >= 15 is 0 Å². The summed E-state index contributed by atoms with van der Waals surface area (Å²) in [5, 5.41) is 16.1. The van der Waals surface area contributed by atoms with Crippen molar-refractivity contribution >= 4 is 23.8 Å². The highest BCUT2D eigenvalue weighted by Crippen LogP contribution is 2.49. The van der Waals surface area contributed by atoms with Crippen LogP contribution in [0.2, 0.25) is 0 Å². The SMILES string of the molecule is COc1ccc([C@@H]2C[C@H]3CC[C@H](N3)[C@H]2COc2ccc3c(c2)C(=O)NC3)cc1.COc1ccc([C@H]2C[C@H]3CC[C@@H]([C@@H]2COc2ccc4c(c2)C(=O)NC4)N3C(=O)OC(C)(C)C)cc1.COc1ccc([C@H]2C[C@H]3CC[C@H](N3)[C@@H]2COc2ccc3c(c2)C(=O)NC3)cc1. The molecular formula is C74H86N6O11. The second kappa shape index (κ2) is 26.5. The molecule has 5 N–H and O–H groups in total. The maximum Gasteiger partial charge on any atom is 0.410 e. The largest absolute Gasteiger partial charge is 0.497 e. The standard InChI is InChI=1S/C28H34N2O5.2C23H26N2O3/c1-28(2,3)35-27(32)30-19-8-12-25(30)24(22(13-19)17-5-9-20(33-4)10-6-17)16-34-21-11-7-18-15-29-26(31)23(18)14-21;2*1-27-17-6-2-14(3-7-17)19-10-16-5-9-22(25-16)21(19)13-28-18-8-4-15-12-24-23(26)20(15)11-18/h5-7,9-11,14,19,22,24-25H,8,12-13,15-16H2,1-4H3,(H,29,31);2*2-4,6-8,11,16,19,21-22,25H,5,9-10,12-13H2,1H3,(H,24,26)/t19-,22-,24-,25+;16-,19+,21+,22+;16-,19-,21-,22+/m111/s1. The molecule has 4 amide bonds. The van der Waals surface area contributed by atoms with Crippen LogP contribution in [0.5, 0.6) is 34.5 Å². The summed E-state index contributed by atoms with van der Waals surface area (Å²) in [4.78, 5) is 51.1. The predicted molar refractivity (Wildman–Crippen MR) is 346 cm³/mol. The number of rotatable bonds is 15. The van der Waals surface area contributed by atoms with E-state index in [9.17, 15) is 19.2 Å². The fraction of sp³-hybridized carbons (Fsp3) is 0.459. The first-order chi connectivity index (χ1) is 44.1. The third kappa shape index (κ3) is 13.4. The van der Waals surface area contributed by atoms with Crippen LogP contribution in [-0.2, 0) is 24.4 Å². The van der Waals surface area contributed by atoms with Crippen molar-refractivity contribution in [2.75, 3.05) is 41.2 Å². The van der Waals surface area contributed by atoms with Crippen molar-refractivity contribution in [1.29, 1.82) is 0 Å². The van der Waals surface area contributed by atoms with Gasteiger partial charge < -0.3 is 64.6 Å². The average Bonchev–Trinajstić information content (AvgIpc) is 1.75. The minimum Gasteiger partial charge on any atom is -0.497 e. The Balaban J connectivity index is 0.000000126. The van der Waals surface area contributed by atoms with Gasteiger partial charge in [0.15, 0.2) is 0 Å². The van der Waals surface area contributed by atoms with Gasteiger partial charge in [0, 0.05) is 90.3 Å². The second-order valence-electron chi connectivity index (χ2n) is 27.1. The van der Waals surface area contributed by atoms with Gasteiger partial charge in [-0.2, -0.15) is 0 Å². The minimum absolute atomic E-state index is 0.00507. The molecule has 6 fully saturated rings. The summed E-state index contributed by atoms with van der Waals surface area (Å²) in [6.07, 6.45) is 9.70. The molecule has 0 radical (unpaired) electrons. The number of carbonyl (C=O) groups excluding carboxylic acids is 4. The summed E-state index contributed by atoms with van der Waals surface area (Å²) in [5.74, 6) is 6.90. The molecule has 9 aliphatic rings. The minimum atomic E-state index is -0.541. The molecule has 17 heteroatoms. The van der Waals surface area contributed by atoms with Crippen LogP contribution < -0.4 is 55.0 Å². The van der Waals surface area contributed by atoms with Crippen LogP contribution in [0, 0.1) is 17.8 Å². The van der Waals surface area contributed by atoms with E-state index in [1.165, 1.54) is 42.4 Å². The Morgan fingerprint density at radius 3 is 1.19 bits per heavy atom. The quantitative estimate of drug-likeness (QED) is 0.0652. The van der Waals surface area contributed by atoms with Gasteiger partial charge in [-0.25, -0.2) is 4.79 Å². The van der Waals surface area contributed by atoms with E-state index in [1.807, 2.05) is 92.4 Å². The number of benzene rings is 6. The molecule has 0 saturated carbocycles. The number of hydrogen-bond donors (Lipinski definition) is 5. The number of amides is 4. The number of nitrogens with zero attached hydrogens (tertiary/aromatic N) is 1. The van der Waals surface area contributed by atoms with Crippen LogP contribution in [0.25, 0.3) is 0 Å². The molecule has 6 aromatic rings. The lowest BCUT2D eigenvalue weighted by Crippen LogP contribution is -2.53. The van der Waals surface area contributed by atoms with Crippen LogP contribution in [0.3, 0.4) is 0 Å². The summed E-state index contributed by atoms with van der Waals surface area (Å²) in [6.45, 7) is 9.26. The van der Waals surface area contributed by atoms with Gasteiger partial charge in [-0.15, -0.1) is 0 Å². The molecule has 9 aliphatic heterocycles. The van der Waals surface area contributed by atoms with Gasteiger partial charge in [-0.3, -0.25) is 14.4 Å². The first-order valence-corrected chi connectivity index (χ1v) is 32.7. The number of ether oxygens (including phenoxy) is 7. The molecule has 0 unspecified atom stereocenters. The smallest absolute Gasteiger partial charge is 0.410 e. The molecule has 12 atom stereocenters. The van der Waals surface area contributed by atoms with Crippen LogP contribution in [-0.4, -0.2) is 112 Å². The van der Waals surface area contributed by atoms with E-state index in [4.69, 9.17) is 33.2 Å². The topological polar surface area (TPSA) is 196 Å². The Bertz CT molecular complexity index is 3460. The predicted octanol–water partition coefficient (Wildman–Crippen LogP) is 11.4. The summed E-state index contributed by atoms with van der Waals surface area (Å²) >= 11 is 0. The Kier molecular flexibility index (Phi) is 17.9. The van der Waals surface area contributed by atoms with E-state index < -0.39 is 5.60 Å². The molecule has 6 aromatic carbocycles. The number of fused-ring (bicyclic) bond motifs is 9. The highest BCUT2D eigenvalue weighted by Gasteiger charge is 2.51. The lowest BCUT2D eigenvalue weighted by Gasteiger charge is -2.45. The van der Waals surface area contributed by atoms with E-state index in [2.05, 4.69) is 87.2 Å². The third-order valence-corrected chi connectivity index (χ3v) is 20.6. The number of nitrogens with one attached hydrogen (secondary N) is 5. The molecule has 0 aliphatic carbocycles. The molecule has 15 rings (SSSR count). The zero-order chi connectivity index (χ0) is 62.9. The van der Waals surface area contributed by atoms with Crippen LogP contribution >= 0.6 is 0 Å². The number of hydrogen-bond acceptors (Lipinski definition) is 13. The summed E-state index contributed by atoms with van der Waals surface area (Å²) in [5.41, 5.74) is 8.66. The highest BCUT2D eigenvalue weighted by molar-refractivity contribution is 5.99. The molecule has 9 heterocycles. The zero-order valence-corrected chi connectivity index (χ0v) is 53.1. The van der Waals surface area contributed by atoms with Crippen molar-refractivity contribution in [2.24, 2.45) is 17.8 Å². The second-order valence-corrected chi connectivity index (χ2v) is 27.1. The lowest BCUT2D eigenvalue weighted by atomic mass is 9.76. The summed E-state index contributed by atoms with van der Waals surface area (Å²) in [7, 11) is 5.07. The van der Waals surface area contributed by atoms with Crippen LogP contribution in [0.15, 0.2) is 127 Å². The van der Waals surface area contributed by atoms with Gasteiger partial charge >= 0.3 is 6.09 Å². The first-order valence-electron chi connectivity index (χ1n) is 32.7. The molecular weight excluding hydrogens is 1150 g/mol. The number of carbonyl (C=O) groups is 4. The van der Waals surface area contributed by atoms with Gasteiger partial charge in [0.2, 0.25) is 0 Å². The monoisotopic (exact) mass is 1230 g/mol. The average molecular weight is 1240 g/mol. The third-order valence-electron chi connectivity index (χ3n) is 20.6. The van der Waals surface area contributed by atoms with Gasteiger partial charge in [0.25, 0.3) is 17.7 Å². The number of piperidine rings is 3. The molecule has 0 aromatic heterocycles. The van der Waals surface area contributed by atoms with E-state index in [0.717, 1.165) is 88.7 Å². The fourth-order valence-electron chi connectivity index (χ4n) is 16.0. The van der Waals surface area contributed by atoms with Crippen molar-refractivity contribution < 1.29 is 52.3 Å².